The van der Waals surface area contributed by atoms with E-state index in [0.717, 1.165) is 36.3 Å². The number of thioether (sulfide) groups is 1. The van der Waals surface area contributed by atoms with Crippen LogP contribution in [0, 0.1) is 0 Å². The third kappa shape index (κ3) is 5.74. The Balaban J connectivity index is 0.00000243. The second-order valence-electron chi connectivity index (χ2n) is 7.14. The summed E-state index contributed by atoms with van der Waals surface area (Å²) in [6, 6.07) is 1.21. The lowest BCUT2D eigenvalue weighted by Gasteiger charge is -2.18. The number of aryl methyl sites for hydroxylation is 1. The highest BCUT2D eigenvalue weighted by Crippen LogP contribution is 2.33. The fraction of sp³-hybridized carbons (Fsp3) is 0.833. The summed E-state index contributed by atoms with van der Waals surface area (Å²) in [6.07, 6.45) is 14.5. The maximum Gasteiger partial charge on any atom is 0.191 e. The van der Waals surface area contributed by atoms with Crippen LogP contribution in [0.2, 0.25) is 0 Å². The SMILES string of the molecule is CN=C(NCCCc1nnc(SC)n1C1CCCC1)NC1CCCC1.I. The largest absolute Gasteiger partial charge is 0.356 e. The van der Waals surface area contributed by atoms with Gasteiger partial charge in [-0.05, 0) is 38.4 Å². The molecule has 2 fully saturated rings. The van der Waals surface area contributed by atoms with E-state index in [9.17, 15) is 0 Å². The summed E-state index contributed by atoms with van der Waals surface area (Å²) in [5.74, 6) is 2.09. The van der Waals surface area contributed by atoms with Crippen LogP contribution in [-0.2, 0) is 6.42 Å². The number of rotatable bonds is 7. The molecule has 0 spiro atoms. The van der Waals surface area contributed by atoms with Crippen molar-refractivity contribution in [3.63, 3.8) is 0 Å². The average molecular weight is 492 g/mol. The Hall–Kier alpha value is -0.510. The number of aliphatic imine (C=N–C) groups is 1. The van der Waals surface area contributed by atoms with E-state index in [-0.39, 0.29) is 24.0 Å². The Morgan fingerprint density at radius 2 is 1.85 bits per heavy atom. The van der Waals surface area contributed by atoms with Gasteiger partial charge in [0.2, 0.25) is 0 Å². The monoisotopic (exact) mass is 492 g/mol. The zero-order valence-corrected chi connectivity index (χ0v) is 19.2. The molecule has 26 heavy (non-hydrogen) atoms. The van der Waals surface area contributed by atoms with Crippen molar-refractivity contribution < 1.29 is 0 Å². The van der Waals surface area contributed by atoms with Gasteiger partial charge in [-0.2, -0.15) is 0 Å². The van der Waals surface area contributed by atoms with Gasteiger partial charge in [0.05, 0.1) is 0 Å². The molecule has 1 aromatic heterocycles. The second kappa shape index (κ2) is 11.4. The number of hydrogen-bond donors (Lipinski definition) is 2. The van der Waals surface area contributed by atoms with Gasteiger partial charge >= 0.3 is 0 Å². The van der Waals surface area contributed by atoms with Gasteiger partial charge in [-0.3, -0.25) is 4.99 Å². The molecule has 0 aliphatic heterocycles. The fourth-order valence-electron chi connectivity index (χ4n) is 4.06. The molecule has 2 aliphatic rings. The number of guanidine groups is 1. The average Bonchev–Trinajstić information content (AvgIpc) is 3.38. The number of hydrogen-bond acceptors (Lipinski definition) is 4. The van der Waals surface area contributed by atoms with Gasteiger partial charge in [-0.25, -0.2) is 0 Å². The smallest absolute Gasteiger partial charge is 0.191 e. The van der Waals surface area contributed by atoms with E-state index in [1.807, 2.05) is 7.05 Å². The Kier molecular flexibility index (Phi) is 9.52. The highest BCUT2D eigenvalue weighted by molar-refractivity contribution is 14.0. The lowest BCUT2D eigenvalue weighted by Crippen LogP contribution is -2.42. The van der Waals surface area contributed by atoms with Crippen LogP contribution in [0.1, 0.15) is 69.7 Å². The van der Waals surface area contributed by atoms with Crippen LogP contribution in [0.15, 0.2) is 10.1 Å². The molecular weight excluding hydrogens is 459 g/mol. The maximum absolute atomic E-state index is 4.47. The minimum atomic E-state index is 0. The van der Waals surface area contributed by atoms with Crippen LogP contribution >= 0.6 is 35.7 Å². The molecule has 0 aromatic carbocycles. The number of aromatic nitrogens is 3. The van der Waals surface area contributed by atoms with Crippen molar-refractivity contribution in [2.24, 2.45) is 4.99 Å². The first-order valence-corrected chi connectivity index (χ1v) is 11.0. The molecule has 148 valence electrons. The van der Waals surface area contributed by atoms with Crippen LogP contribution < -0.4 is 10.6 Å². The van der Waals surface area contributed by atoms with E-state index in [0.29, 0.717) is 12.1 Å². The summed E-state index contributed by atoms with van der Waals surface area (Å²) in [5, 5.41) is 16.9. The zero-order chi connectivity index (χ0) is 17.5. The highest BCUT2D eigenvalue weighted by Gasteiger charge is 2.23. The molecule has 0 unspecified atom stereocenters. The molecule has 2 saturated carbocycles. The summed E-state index contributed by atoms with van der Waals surface area (Å²) in [7, 11) is 1.85. The first-order valence-electron chi connectivity index (χ1n) is 9.76. The van der Waals surface area contributed by atoms with Gasteiger partial charge in [0.1, 0.15) is 5.82 Å². The summed E-state index contributed by atoms with van der Waals surface area (Å²) >= 11 is 1.71. The molecule has 2 aliphatic carbocycles. The molecule has 3 rings (SSSR count). The maximum atomic E-state index is 4.47. The van der Waals surface area contributed by atoms with Crippen molar-refractivity contribution in [2.75, 3.05) is 19.8 Å². The number of nitrogens with zero attached hydrogens (tertiary/aromatic N) is 4. The lowest BCUT2D eigenvalue weighted by atomic mass is 10.2. The lowest BCUT2D eigenvalue weighted by molar-refractivity contribution is 0.460. The molecule has 0 amide bonds. The van der Waals surface area contributed by atoms with E-state index < -0.39 is 0 Å². The third-order valence-electron chi connectivity index (χ3n) is 5.40. The van der Waals surface area contributed by atoms with Gasteiger partial charge in [0.25, 0.3) is 0 Å². The van der Waals surface area contributed by atoms with Crippen molar-refractivity contribution in [3.05, 3.63) is 5.82 Å². The molecule has 6 nitrogen and oxygen atoms in total. The molecular formula is C18H33IN6S. The fourth-order valence-corrected chi connectivity index (χ4v) is 4.63. The van der Waals surface area contributed by atoms with Gasteiger partial charge < -0.3 is 15.2 Å². The molecule has 8 heteroatoms. The van der Waals surface area contributed by atoms with E-state index in [2.05, 4.69) is 36.6 Å². The van der Waals surface area contributed by atoms with E-state index in [1.54, 1.807) is 11.8 Å². The molecule has 0 radical (unpaired) electrons. The van der Waals surface area contributed by atoms with Crippen LogP contribution in [0.25, 0.3) is 0 Å². The van der Waals surface area contributed by atoms with Crippen LogP contribution in [-0.4, -0.2) is 46.6 Å². The second-order valence-corrected chi connectivity index (χ2v) is 7.91. The molecule has 1 aromatic rings. The first kappa shape index (κ1) is 21.8. The van der Waals surface area contributed by atoms with Gasteiger partial charge in [0, 0.05) is 32.1 Å². The van der Waals surface area contributed by atoms with Crippen molar-refractivity contribution in [3.8, 4) is 0 Å². The predicted molar refractivity (Wildman–Crippen MR) is 120 cm³/mol. The van der Waals surface area contributed by atoms with E-state index >= 15 is 0 Å². The van der Waals surface area contributed by atoms with Crippen molar-refractivity contribution in [1.29, 1.82) is 0 Å². The van der Waals surface area contributed by atoms with Gasteiger partial charge in [0.15, 0.2) is 11.1 Å². The topological polar surface area (TPSA) is 67.1 Å². The minimum Gasteiger partial charge on any atom is -0.356 e. The van der Waals surface area contributed by atoms with Gasteiger partial charge in [-0.1, -0.05) is 37.4 Å². The standard InChI is InChI=1S/C18H32N6S.HI/c1-19-17(21-14-8-3-4-9-14)20-13-7-12-16-22-23-18(25-2)24(16)15-10-5-6-11-15;/h14-15H,3-13H2,1-2H3,(H2,19,20,21);1H. The summed E-state index contributed by atoms with van der Waals surface area (Å²) in [6.45, 7) is 0.915. The molecule has 0 bridgehead atoms. The molecule has 2 N–H and O–H groups in total. The first-order chi connectivity index (χ1) is 12.3. The van der Waals surface area contributed by atoms with E-state index in [4.69, 9.17) is 0 Å². The van der Waals surface area contributed by atoms with Crippen molar-refractivity contribution in [1.82, 2.24) is 25.4 Å². The highest BCUT2D eigenvalue weighted by atomic mass is 127. The van der Waals surface area contributed by atoms with Crippen LogP contribution in [0.4, 0.5) is 0 Å². The van der Waals surface area contributed by atoms with Crippen molar-refractivity contribution in [2.45, 2.75) is 81.4 Å². The predicted octanol–water partition coefficient (Wildman–Crippen LogP) is 3.77. The number of halogens is 1. The molecule has 0 atom stereocenters. The molecule has 0 saturated heterocycles. The Morgan fingerprint density at radius 3 is 2.50 bits per heavy atom. The zero-order valence-electron chi connectivity index (χ0n) is 16.0. The Bertz CT molecular complexity index is 564. The third-order valence-corrected chi connectivity index (χ3v) is 6.04. The Labute approximate surface area is 178 Å². The van der Waals surface area contributed by atoms with Gasteiger partial charge in [-0.15, -0.1) is 34.2 Å². The van der Waals surface area contributed by atoms with Crippen molar-refractivity contribution >= 4 is 41.7 Å². The summed E-state index contributed by atoms with van der Waals surface area (Å²) in [5.41, 5.74) is 0. The summed E-state index contributed by atoms with van der Waals surface area (Å²) < 4.78 is 2.41. The normalized spacial score (nSPS) is 18.9. The Morgan fingerprint density at radius 1 is 1.15 bits per heavy atom. The van der Waals surface area contributed by atoms with E-state index in [1.165, 1.54) is 51.4 Å². The minimum absolute atomic E-state index is 0. The number of nitrogens with one attached hydrogen (secondary N) is 2. The quantitative estimate of drug-likeness (QED) is 0.200. The summed E-state index contributed by atoms with van der Waals surface area (Å²) in [4.78, 5) is 4.35. The molecule has 1 heterocycles. The van der Waals surface area contributed by atoms with Crippen LogP contribution in [0.3, 0.4) is 0 Å². The van der Waals surface area contributed by atoms with Crippen LogP contribution in [0.5, 0.6) is 0 Å².